The van der Waals surface area contributed by atoms with Crippen molar-refractivity contribution in [1.82, 2.24) is 0 Å². The van der Waals surface area contributed by atoms with Gasteiger partial charge in [-0.3, -0.25) is 0 Å². The van der Waals surface area contributed by atoms with Gasteiger partial charge < -0.3 is 4.74 Å². The quantitative estimate of drug-likeness (QED) is 0.324. The van der Waals surface area contributed by atoms with E-state index in [-0.39, 0.29) is 12.2 Å². The first-order valence-electron chi connectivity index (χ1n) is 11.6. The fourth-order valence-electron chi connectivity index (χ4n) is 4.79. The highest BCUT2D eigenvalue weighted by Crippen LogP contribution is 2.38. The molecule has 0 amide bonds. The summed E-state index contributed by atoms with van der Waals surface area (Å²) in [6, 6.07) is 13.6. The number of hydrogen-bond acceptors (Lipinski definition) is 1. The molecule has 33 heavy (non-hydrogen) atoms. The van der Waals surface area contributed by atoms with E-state index in [0.717, 1.165) is 23.6 Å². The summed E-state index contributed by atoms with van der Waals surface area (Å²) in [5.41, 5.74) is 2.70. The van der Waals surface area contributed by atoms with Crippen LogP contribution < -0.4 is 4.74 Å². The van der Waals surface area contributed by atoms with E-state index in [0.29, 0.717) is 11.5 Å². The molecule has 0 bridgehead atoms. The molecule has 0 N–H and O–H groups in total. The Morgan fingerprint density at radius 2 is 1.39 bits per heavy atom. The summed E-state index contributed by atoms with van der Waals surface area (Å²) >= 11 is 0. The molecule has 0 aromatic heterocycles. The Labute approximate surface area is 192 Å². The van der Waals surface area contributed by atoms with Gasteiger partial charge in [0.1, 0.15) is 6.61 Å². The predicted molar refractivity (Wildman–Crippen MR) is 122 cm³/mol. The molecule has 0 aliphatic heterocycles. The number of ether oxygens (including phenoxy) is 1. The van der Waals surface area contributed by atoms with Gasteiger partial charge in [0.15, 0.2) is 29.0 Å². The molecule has 174 valence electrons. The largest absolute Gasteiger partial charge is 0.483 e. The van der Waals surface area contributed by atoms with Gasteiger partial charge in [0.25, 0.3) is 0 Å². The van der Waals surface area contributed by atoms with Crippen molar-refractivity contribution in [3.05, 3.63) is 89.0 Å². The van der Waals surface area contributed by atoms with E-state index in [1.807, 2.05) is 12.1 Å². The Kier molecular flexibility index (Phi) is 7.36. The molecule has 1 saturated carbocycles. The Hall–Kier alpha value is -2.82. The average Bonchev–Trinajstić information content (AvgIpc) is 2.81. The van der Waals surface area contributed by atoms with E-state index >= 15 is 0 Å². The summed E-state index contributed by atoms with van der Waals surface area (Å²) in [4.78, 5) is 0. The Morgan fingerprint density at radius 3 is 2.00 bits per heavy atom. The zero-order valence-electron chi connectivity index (χ0n) is 18.7. The second kappa shape index (κ2) is 10.4. The van der Waals surface area contributed by atoms with Crippen LogP contribution >= 0.6 is 0 Å². The number of rotatable bonds is 7. The van der Waals surface area contributed by atoms with Crippen molar-refractivity contribution in [3.8, 4) is 16.9 Å². The maximum Gasteiger partial charge on any atom is 0.191 e. The van der Waals surface area contributed by atoms with Crippen LogP contribution in [0, 0.1) is 29.2 Å². The van der Waals surface area contributed by atoms with E-state index in [1.54, 1.807) is 0 Å². The highest BCUT2D eigenvalue weighted by atomic mass is 19.2. The lowest BCUT2D eigenvalue weighted by Crippen LogP contribution is -2.13. The third kappa shape index (κ3) is 5.58. The zero-order chi connectivity index (χ0) is 23.4. The van der Waals surface area contributed by atoms with Crippen LogP contribution in [0.5, 0.6) is 5.75 Å². The van der Waals surface area contributed by atoms with Gasteiger partial charge in [-0.25, -0.2) is 17.6 Å². The summed E-state index contributed by atoms with van der Waals surface area (Å²) in [5, 5.41) is 0. The zero-order valence-corrected chi connectivity index (χ0v) is 18.7. The van der Waals surface area contributed by atoms with Gasteiger partial charge in [-0.15, -0.1) is 0 Å². The van der Waals surface area contributed by atoms with Crippen molar-refractivity contribution in [2.45, 2.75) is 58.0 Å². The summed E-state index contributed by atoms with van der Waals surface area (Å²) in [7, 11) is 0. The first kappa shape index (κ1) is 23.3. The highest BCUT2D eigenvalue weighted by Gasteiger charge is 2.22. The minimum absolute atomic E-state index is 0.274. The van der Waals surface area contributed by atoms with Crippen LogP contribution in [-0.4, -0.2) is 0 Å². The molecule has 0 heterocycles. The molecule has 0 unspecified atom stereocenters. The fraction of sp³-hybridized carbons (Fsp3) is 0.357. The van der Waals surface area contributed by atoms with Crippen LogP contribution in [0.4, 0.5) is 17.6 Å². The molecule has 1 nitrogen and oxygen atoms in total. The smallest absolute Gasteiger partial charge is 0.191 e. The third-order valence-corrected chi connectivity index (χ3v) is 6.62. The average molecular weight is 457 g/mol. The molecule has 5 heteroatoms. The molecule has 0 spiro atoms. The van der Waals surface area contributed by atoms with E-state index in [4.69, 9.17) is 4.74 Å². The van der Waals surface area contributed by atoms with Crippen molar-refractivity contribution < 1.29 is 22.3 Å². The van der Waals surface area contributed by atoms with Crippen LogP contribution in [0.25, 0.3) is 11.1 Å². The molecule has 0 atom stereocenters. The summed E-state index contributed by atoms with van der Waals surface area (Å²) in [6.07, 6.45) is 7.47. The number of halogens is 4. The molecule has 1 fully saturated rings. The van der Waals surface area contributed by atoms with Crippen LogP contribution in [0.15, 0.2) is 54.6 Å². The molecule has 3 aromatic rings. The Morgan fingerprint density at radius 1 is 0.727 bits per heavy atom. The molecule has 3 aromatic carbocycles. The summed E-state index contributed by atoms with van der Waals surface area (Å²) in [5.74, 6) is -2.85. The number of benzene rings is 3. The molecule has 0 radical (unpaired) electrons. The van der Waals surface area contributed by atoms with Gasteiger partial charge in [0.05, 0.1) is 0 Å². The highest BCUT2D eigenvalue weighted by molar-refractivity contribution is 5.65. The van der Waals surface area contributed by atoms with Gasteiger partial charge in [0, 0.05) is 0 Å². The van der Waals surface area contributed by atoms with Gasteiger partial charge in [-0.05, 0) is 84.0 Å². The van der Waals surface area contributed by atoms with Crippen molar-refractivity contribution in [2.75, 3.05) is 0 Å². The van der Waals surface area contributed by atoms with E-state index in [1.165, 1.54) is 62.3 Å². The molecule has 0 saturated heterocycles. The van der Waals surface area contributed by atoms with Crippen LogP contribution in [0.3, 0.4) is 0 Å². The maximum atomic E-state index is 14.6. The lowest BCUT2D eigenvalue weighted by Gasteiger charge is -2.28. The van der Waals surface area contributed by atoms with Crippen LogP contribution in [0.1, 0.15) is 62.5 Å². The minimum Gasteiger partial charge on any atom is -0.483 e. The normalized spacial score (nSPS) is 18.3. The van der Waals surface area contributed by atoms with E-state index in [9.17, 15) is 17.6 Å². The molecule has 4 rings (SSSR count). The first-order chi connectivity index (χ1) is 15.9. The fourth-order valence-corrected chi connectivity index (χ4v) is 4.79. The number of hydrogen-bond donors (Lipinski definition) is 0. The van der Waals surface area contributed by atoms with Crippen molar-refractivity contribution in [3.63, 3.8) is 0 Å². The SMILES string of the molecule is CCCC1CCC(c2ccc(-c3cc(F)c(OCc4ccc(F)c(F)c4)c(F)c3)cc2)CC1. The lowest BCUT2D eigenvalue weighted by molar-refractivity contribution is 0.273. The van der Waals surface area contributed by atoms with Gasteiger partial charge in [-0.2, -0.15) is 0 Å². The molecular weight excluding hydrogens is 428 g/mol. The van der Waals surface area contributed by atoms with Gasteiger partial charge in [0.2, 0.25) is 0 Å². The predicted octanol–water partition coefficient (Wildman–Crippen LogP) is 8.56. The van der Waals surface area contributed by atoms with Crippen LogP contribution in [-0.2, 0) is 6.61 Å². The maximum absolute atomic E-state index is 14.6. The minimum atomic E-state index is -1.04. The van der Waals surface area contributed by atoms with Gasteiger partial charge in [-0.1, -0.05) is 50.1 Å². The van der Waals surface area contributed by atoms with E-state index < -0.39 is 29.0 Å². The van der Waals surface area contributed by atoms with Crippen LogP contribution in [0.2, 0.25) is 0 Å². The first-order valence-corrected chi connectivity index (χ1v) is 11.6. The topological polar surface area (TPSA) is 9.23 Å². The van der Waals surface area contributed by atoms with Crippen molar-refractivity contribution in [1.29, 1.82) is 0 Å². The Balaban J connectivity index is 1.43. The monoisotopic (exact) mass is 456 g/mol. The lowest BCUT2D eigenvalue weighted by atomic mass is 9.77. The standard InChI is InChI=1S/C28H28F4O/c1-2-3-18-4-7-20(8-5-18)21-9-11-22(12-10-21)23-15-26(31)28(27(32)16-23)33-17-19-6-13-24(29)25(30)14-19/h6,9-16,18,20H,2-5,7-8,17H2,1H3. The molecule has 1 aliphatic carbocycles. The van der Waals surface area contributed by atoms with E-state index in [2.05, 4.69) is 19.1 Å². The molecular formula is C28H28F4O. The second-order valence-electron chi connectivity index (χ2n) is 8.93. The Bertz CT molecular complexity index is 1060. The van der Waals surface area contributed by atoms with Crippen molar-refractivity contribution >= 4 is 0 Å². The summed E-state index contributed by atoms with van der Waals surface area (Å²) < 4.78 is 60.8. The van der Waals surface area contributed by atoms with Crippen molar-refractivity contribution in [2.24, 2.45) is 5.92 Å². The summed E-state index contributed by atoms with van der Waals surface area (Å²) in [6.45, 7) is 1.96. The molecule has 1 aliphatic rings. The van der Waals surface area contributed by atoms with Gasteiger partial charge >= 0.3 is 0 Å². The second-order valence-corrected chi connectivity index (χ2v) is 8.93. The third-order valence-electron chi connectivity index (χ3n) is 6.62.